The lowest BCUT2D eigenvalue weighted by molar-refractivity contribution is 0.0206. The number of nitrogens with one attached hydrogen (secondary N) is 2. The van der Waals surface area contributed by atoms with Crippen LogP contribution in [0.5, 0.6) is 11.6 Å². The van der Waals surface area contributed by atoms with Crippen LogP contribution < -0.4 is 14.8 Å². The average molecular weight is 695 g/mol. The van der Waals surface area contributed by atoms with Crippen LogP contribution in [0.3, 0.4) is 0 Å². The molecule has 2 aromatic heterocycles. The SMILES string of the molecule is Cc1ccc2c(NS(=O)(=O)C(C)c3ccccc3)cccc2c1Oc1ncccc1-c1ccnc(N[C@H]2CCCN(C(=O)OC(C)(C)C)C2)n1. The standard InChI is InChI=1S/C38H42N6O5S/c1-25-18-19-29-30(15-9-17-33(29)43-50(46,47)26(2)27-12-7-6-8-13-27)34(25)48-35-31(16-10-21-39-35)32-20-22-40-36(42-32)41-28-14-11-23-44(24-28)37(45)49-38(3,4)5/h6-10,12-13,15-22,26,28,43H,11,14,23-24H2,1-5H3,(H,40,41,42)/t26?,28-/m0/s1. The van der Waals surface area contributed by atoms with E-state index in [0.29, 0.717) is 58.6 Å². The zero-order chi connectivity index (χ0) is 35.5. The van der Waals surface area contributed by atoms with E-state index in [1.54, 1.807) is 54.5 Å². The Hall–Kier alpha value is -5.23. The third-order valence-corrected chi connectivity index (χ3v) is 10.2. The molecule has 6 rings (SSSR count). The van der Waals surface area contributed by atoms with E-state index < -0.39 is 20.9 Å². The second kappa shape index (κ2) is 14.3. The predicted octanol–water partition coefficient (Wildman–Crippen LogP) is 8.11. The van der Waals surface area contributed by atoms with E-state index in [-0.39, 0.29) is 12.1 Å². The van der Waals surface area contributed by atoms with Crippen molar-refractivity contribution in [2.45, 2.75) is 64.4 Å². The normalized spacial score (nSPS) is 15.7. The number of fused-ring (bicyclic) bond motifs is 1. The van der Waals surface area contributed by atoms with Crippen molar-refractivity contribution in [3.05, 3.63) is 102 Å². The largest absolute Gasteiger partial charge is 0.444 e. The van der Waals surface area contributed by atoms with E-state index in [2.05, 4.69) is 20.0 Å². The van der Waals surface area contributed by atoms with Gasteiger partial charge in [0.2, 0.25) is 21.9 Å². The van der Waals surface area contributed by atoms with Gasteiger partial charge in [0.15, 0.2) is 0 Å². The number of pyridine rings is 1. The molecule has 0 radical (unpaired) electrons. The van der Waals surface area contributed by atoms with Crippen molar-refractivity contribution in [1.29, 1.82) is 0 Å². The van der Waals surface area contributed by atoms with Gasteiger partial charge in [-0.2, -0.15) is 0 Å². The van der Waals surface area contributed by atoms with Gasteiger partial charge < -0.3 is 19.7 Å². The Morgan fingerprint density at radius 3 is 2.52 bits per heavy atom. The number of benzene rings is 3. The number of amides is 1. The topological polar surface area (TPSA) is 136 Å². The number of hydrogen-bond donors (Lipinski definition) is 2. The van der Waals surface area contributed by atoms with Crippen molar-refractivity contribution < 1.29 is 22.7 Å². The summed E-state index contributed by atoms with van der Waals surface area (Å²) < 4.78 is 41.8. The Morgan fingerprint density at radius 1 is 0.940 bits per heavy atom. The number of aromatic nitrogens is 3. The fraction of sp³-hybridized carbons (Fsp3) is 0.316. The first-order valence-corrected chi connectivity index (χ1v) is 18.2. The first-order valence-electron chi connectivity index (χ1n) is 16.7. The number of likely N-dealkylation sites (tertiary alicyclic amines) is 1. The van der Waals surface area contributed by atoms with Gasteiger partial charge in [-0.25, -0.2) is 28.2 Å². The maximum Gasteiger partial charge on any atom is 0.410 e. The molecule has 0 aliphatic carbocycles. The van der Waals surface area contributed by atoms with Crippen LogP contribution in [0.1, 0.15) is 56.9 Å². The molecule has 1 aliphatic heterocycles. The van der Waals surface area contributed by atoms with E-state index in [0.717, 1.165) is 23.8 Å². The molecule has 1 fully saturated rings. The Morgan fingerprint density at radius 2 is 1.74 bits per heavy atom. The smallest absolute Gasteiger partial charge is 0.410 e. The van der Waals surface area contributed by atoms with Gasteiger partial charge in [0.25, 0.3) is 0 Å². The van der Waals surface area contributed by atoms with Crippen LogP contribution in [0.4, 0.5) is 16.4 Å². The minimum atomic E-state index is -3.76. The fourth-order valence-electron chi connectivity index (χ4n) is 5.92. The number of anilines is 2. The zero-order valence-electron chi connectivity index (χ0n) is 28.9. The van der Waals surface area contributed by atoms with Gasteiger partial charge in [0.1, 0.15) is 16.6 Å². The van der Waals surface area contributed by atoms with Gasteiger partial charge in [-0.3, -0.25) is 4.72 Å². The number of hydrogen-bond acceptors (Lipinski definition) is 9. The molecule has 3 aromatic carbocycles. The fourth-order valence-corrected chi connectivity index (χ4v) is 7.10. The van der Waals surface area contributed by atoms with Gasteiger partial charge in [-0.1, -0.05) is 54.6 Å². The highest BCUT2D eigenvalue weighted by molar-refractivity contribution is 7.92. The molecule has 0 bridgehead atoms. The third kappa shape index (κ3) is 7.97. The number of piperidine rings is 1. The van der Waals surface area contributed by atoms with E-state index in [1.165, 1.54) is 0 Å². The lowest BCUT2D eigenvalue weighted by Crippen LogP contribution is -2.47. The summed E-state index contributed by atoms with van der Waals surface area (Å²) in [7, 11) is -3.76. The average Bonchev–Trinajstić information content (AvgIpc) is 3.09. The maximum absolute atomic E-state index is 13.4. The van der Waals surface area contributed by atoms with E-state index in [4.69, 9.17) is 14.5 Å². The molecule has 1 saturated heterocycles. The molecule has 11 nitrogen and oxygen atoms in total. The summed E-state index contributed by atoms with van der Waals surface area (Å²) in [5.41, 5.74) is 2.70. The monoisotopic (exact) mass is 694 g/mol. The lowest BCUT2D eigenvalue weighted by Gasteiger charge is -2.34. The lowest BCUT2D eigenvalue weighted by atomic mass is 10.0. The van der Waals surface area contributed by atoms with Gasteiger partial charge in [0, 0.05) is 42.3 Å². The van der Waals surface area contributed by atoms with Crippen molar-refractivity contribution >= 4 is 38.5 Å². The summed E-state index contributed by atoms with van der Waals surface area (Å²) >= 11 is 0. The highest BCUT2D eigenvalue weighted by atomic mass is 32.2. The zero-order valence-corrected chi connectivity index (χ0v) is 29.7. The van der Waals surface area contributed by atoms with Crippen LogP contribution in [0.25, 0.3) is 22.0 Å². The quantitative estimate of drug-likeness (QED) is 0.157. The number of sulfonamides is 1. The van der Waals surface area contributed by atoms with Crippen molar-refractivity contribution in [2.24, 2.45) is 0 Å². The molecule has 1 aliphatic rings. The molecule has 0 saturated carbocycles. The van der Waals surface area contributed by atoms with Crippen molar-refractivity contribution in [2.75, 3.05) is 23.1 Å². The molecule has 1 amide bonds. The summed E-state index contributed by atoms with van der Waals surface area (Å²) in [5, 5.41) is 4.05. The van der Waals surface area contributed by atoms with Crippen LogP contribution in [-0.2, 0) is 14.8 Å². The molecular formula is C38H42N6O5S. The van der Waals surface area contributed by atoms with Crippen LogP contribution in [0.15, 0.2) is 91.3 Å². The number of nitrogens with zero attached hydrogens (tertiary/aromatic N) is 4. The second-order valence-electron chi connectivity index (χ2n) is 13.4. The number of carbonyl (C=O) groups excluding carboxylic acids is 1. The molecule has 5 aromatic rings. The van der Waals surface area contributed by atoms with Crippen molar-refractivity contribution in [1.82, 2.24) is 19.9 Å². The van der Waals surface area contributed by atoms with Crippen molar-refractivity contribution in [3.8, 4) is 22.9 Å². The third-order valence-electron chi connectivity index (χ3n) is 8.50. The number of aryl methyl sites for hydroxylation is 1. The minimum absolute atomic E-state index is 0.0447. The summed E-state index contributed by atoms with van der Waals surface area (Å²) in [4.78, 5) is 28.2. The Labute approximate surface area is 293 Å². The van der Waals surface area contributed by atoms with E-state index >= 15 is 0 Å². The number of rotatable bonds is 9. The van der Waals surface area contributed by atoms with Gasteiger partial charge in [-0.15, -0.1) is 0 Å². The molecule has 50 heavy (non-hydrogen) atoms. The molecule has 12 heteroatoms. The van der Waals surface area contributed by atoms with Crippen LogP contribution >= 0.6 is 0 Å². The summed E-state index contributed by atoms with van der Waals surface area (Å²) in [6.07, 6.45) is 4.69. The first-order chi connectivity index (χ1) is 23.9. The number of ether oxygens (including phenoxy) is 2. The molecular weight excluding hydrogens is 653 g/mol. The van der Waals surface area contributed by atoms with Gasteiger partial charge >= 0.3 is 6.09 Å². The highest BCUT2D eigenvalue weighted by Gasteiger charge is 2.28. The second-order valence-corrected chi connectivity index (χ2v) is 15.4. The molecule has 1 unspecified atom stereocenters. The summed E-state index contributed by atoms with van der Waals surface area (Å²) in [6, 6.07) is 23.8. The van der Waals surface area contributed by atoms with Crippen LogP contribution in [0, 0.1) is 6.92 Å². The predicted molar refractivity (Wildman–Crippen MR) is 196 cm³/mol. The molecule has 3 heterocycles. The number of carbonyl (C=O) groups is 1. The van der Waals surface area contributed by atoms with Crippen molar-refractivity contribution in [3.63, 3.8) is 0 Å². The first kappa shape index (κ1) is 34.6. The Kier molecular flexibility index (Phi) is 9.92. The van der Waals surface area contributed by atoms with Gasteiger partial charge in [0.05, 0.1) is 16.9 Å². The Balaban J connectivity index is 1.25. The Bertz CT molecular complexity index is 2100. The molecule has 2 N–H and O–H groups in total. The van der Waals surface area contributed by atoms with Crippen LogP contribution in [-0.4, -0.2) is 59.1 Å². The minimum Gasteiger partial charge on any atom is -0.444 e. The maximum atomic E-state index is 13.4. The highest BCUT2D eigenvalue weighted by Crippen LogP contribution is 2.39. The van der Waals surface area contributed by atoms with Crippen LogP contribution in [0.2, 0.25) is 0 Å². The summed E-state index contributed by atoms with van der Waals surface area (Å²) in [6.45, 7) is 10.3. The molecule has 260 valence electrons. The summed E-state index contributed by atoms with van der Waals surface area (Å²) in [5.74, 6) is 1.32. The van der Waals surface area contributed by atoms with Gasteiger partial charge in [-0.05, 0) is 82.9 Å². The van der Waals surface area contributed by atoms with E-state index in [1.807, 2.05) is 76.2 Å². The molecule has 2 atom stereocenters. The van der Waals surface area contributed by atoms with E-state index in [9.17, 15) is 13.2 Å². The molecule has 0 spiro atoms.